The molecular weight excluding hydrogens is 330 g/mol. The molecule has 0 aliphatic carbocycles. The largest absolute Gasteiger partial charge is 0.623 e. The van der Waals surface area contributed by atoms with Crippen molar-refractivity contribution in [1.82, 2.24) is 0 Å². The minimum absolute atomic E-state index is 0.649. The van der Waals surface area contributed by atoms with Crippen LogP contribution < -0.4 is 0 Å². The Morgan fingerprint density at radius 1 is 0.704 bits per heavy atom. The first kappa shape index (κ1) is 16.1. The summed E-state index contributed by atoms with van der Waals surface area (Å²) in [6.07, 6.45) is 0. The number of hydroxylamine groups is 1. The van der Waals surface area contributed by atoms with E-state index in [9.17, 15) is 5.21 Å². The lowest BCUT2D eigenvalue weighted by molar-refractivity contribution is -0.549. The van der Waals surface area contributed by atoms with Gasteiger partial charge in [-0.2, -0.15) is 4.74 Å². The van der Waals surface area contributed by atoms with E-state index in [1.807, 2.05) is 20.8 Å². The van der Waals surface area contributed by atoms with Crippen LogP contribution in [0.15, 0.2) is 72.8 Å². The van der Waals surface area contributed by atoms with Gasteiger partial charge in [0.15, 0.2) is 11.3 Å². The number of rotatable bonds is 0. The zero-order valence-corrected chi connectivity index (χ0v) is 15.8. The van der Waals surface area contributed by atoms with E-state index in [1.165, 1.54) is 37.4 Å². The van der Waals surface area contributed by atoms with E-state index in [4.69, 9.17) is 0 Å². The third kappa shape index (κ3) is 2.10. The van der Waals surface area contributed by atoms with Gasteiger partial charge in [-0.15, -0.1) is 0 Å². The van der Waals surface area contributed by atoms with Gasteiger partial charge in [-0.1, -0.05) is 66.7 Å². The Hall–Kier alpha value is -3.13. The lowest BCUT2D eigenvalue weighted by Gasteiger charge is -2.26. The number of hydrogen-bond acceptors (Lipinski definition) is 1. The summed E-state index contributed by atoms with van der Waals surface area (Å²) in [6.45, 7) is 5.98. The standard InChI is InChI=1S/C25H21NO/c1-16-19-14-12-17-8-4-6-10-20(17)23(19)24-21-11-7-5-9-18(21)13-15-22(24)25(2,3)26(16)27/h4-15H,1-3H3. The quantitative estimate of drug-likeness (QED) is 0.272. The van der Waals surface area contributed by atoms with Gasteiger partial charge in [-0.25, -0.2) is 0 Å². The second-order valence-electron chi connectivity index (χ2n) is 7.86. The van der Waals surface area contributed by atoms with Crippen molar-refractivity contribution in [3.05, 3.63) is 89.1 Å². The maximum Gasteiger partial charge on any atom is 0.193 e. The fourth-order valence-electron chi connectivity index (χ4n) is 4.53. The normalized spacial score (nSPS) is 15.5. The van der Waals surface area contributed by atoms with Crippen LogP contribution in [0.2, 0.25) is 0 Å². The van der Waals surface area contributed by atoms with Crippen molar-refractivity contribution < 1.29 is 4.74 Å². The number of nitrogens with zero attached hydrogens (tertiary/aromatic N) is 1. The van der Waals surface area contributed by atoms with Gasteiger partial charge in [-0.3, -0.25) is 0 Å². The monoisotopic (exact) mass is 351 g/mol. The van der Waals surface area contributed by atoms with Crippen molar-refractivity contribution in [2.45, 2.75) is 26.3 Å². The minimum Gasteiger partial charge on any atom is -0.623 e. The zero-order valence-electron chi connectivity index (χ0n) is 15.8. The van der Waals surface area contributed by atoms with Crippen molar-refractivity contribution in [2.24, 2.45) is 0 Å². The highest BCUT2D eigenvalue weighted by atomic mass is 16.5. The van der Waals surface area contributed by atoms with Crippen molar-refractivity contribution in [2.75, 3.05) is 0 Å². The highest BCUT2D eigenvalue weighted by Gasteiger charge is 2.38. The molecule has 2 heteroatoms. The van der Waals surface area contributed by atoms with Gasteiger partial charge in [-0.05, 0) is 27.6 Å². The highest BCUT2D eigenvalue weighted by Crippen LogP contribution is 2.45. The molecule has 0 amide bonds. The van der Waals surface area contributed by atoms with E-state index in [2.05, 4.69) is 72.8 Å². The van der Waals surface area contributed by atoms with Gasteiger partial charge >= 0.3 is 0 Å². The first-order chi connectivity index (χ1) is 13.0. The molecule has 0 N–H and O–H groups in total. The Morgan fingerprint density at radius 2 is 1.26 bits per heavy atom. The summed E-state index contributed by atoms with van der Waals surface area (Å²) >= 11 is 0. The molecule has 1 aliphatic heterocycles. The van der Waals surface area contributed by atoms with E-state index in [1.54, 1.807) is 0 Å². The maximum atomic E-state index is 13.3. The van der Waals surface area contributed by atoms with Crippen molar-refractivity contribution >= 4 is 27.3 Å². The molecule has 1 heterocycles. The molecular formula is C25H21NO. The van der Waals surface area contributed by atoms with E-state index in [0.29, 0.717) is 0 Å². The van der Waals surface area contributed by atoms with Crippen LogP contribution in [0, 0.1) is 5.21 Å². The Bertz CT molecular complexity index is 1260. The fourth-order valence-corrected chi connectivity index (χ4v) is 4.53. The molecule has 0 spiro atoms. The smallest absolute Gasteiger partial charge is 0.193 e. The van der Waals surface area contributed by atoms with E-state index < -0.39 is 5.54 Å². The molecule has 1 aliphatic rings. The van der Waals surface area contributed by atoms with Crippen LogP contribution in [-0.2, 0) is 5.54 Å². The predicted molar refractivity (Wildman–Crippen MR) is 113 cm³/mol. The van der Waals surface area contributed by atoms with Crippen LogP contribution >= 0.6 is 0 Å². The topological polar surface area (TPSA) is 26.1 Å². The van der Waals surface area contributed by atoms with Gasteiger partial charge in [0.05, 0.1) is 5.56 Å². The van der Waals surface area contributed by atoms with Gasteiger partial charge in [0.1, 0.15) is 0 Å². The lowest BCUT2D eigenvalue weighted by atomic mass is 9.82. The molecule has 0 radical (unpaired) electrons. The highest BCUT2D eigenvalue weighted by molar-refractivity contribution is 6.15. The van der Waals surface area contributed by atoms with Crippen molar-refractivity contribution in [1.29, 1.82) is 0 Å². The van der Waals surface area contributed by atoms with Crippen LogP contribution in [0.5, 0.6) is 0 Å². The average molecular weight is 351 g/mol. The van der Waals surface area contributed by atoms with Gasteiger partial charge in [0, 0.05) is 37.5 Å². The third-order valence-electron chi connectivity index (χ3n) is 5.97. The number of benzene rings is 4. The third-order valence-corrected chi connectivity index (χ3v) is 5.97. The maximum absolute atomic E-state index is 13.3. The molecule has 0 bridgehead atoms. The second kappa shape index (κ2) is 5.43. The van der Waals surface area contributed by atoms with Crippen LogP contribution in [-0.4, -0.2) is 10.5 Å². The Balaban J connectivity index is 2.10. The van der Waals surface area contributed by atoms with E-state index in [0.717, 1.165) is 16.8 Å². The second-order valence-corrected chi connectivity index (χ2v) is 7.86. The van der Waals surface area contributed by atoms with Crippen LogP contribution in [0.1, 0.15) is 31.9 Å². The molecule has 0 saturated heterocycles. The summed E-state index contributed by atoms with van der Waals surface area (Å²) in [7, 11) is 0. The molecule has 2 nitrogen and oxygen atoms in total. The zero-order chi connectivity index (χ0) is 18.8. The Morgan fingerprint density at radius 3 is 1.93 bits per heavy atom. The van der Waals surface area contributed by atoms with Crippen LogP contribution in [0.4, 0.5) is 0 Å². The SMILES string of the molecule is CC1=[N+]([O-])C(C)(C)c2ccc3ccccc3c2-c2c1ccc1ccccc21. The Labute approximate surface area is 159 Å². The average Bonchev–Trinajstić information content (AvgIpc) is 2.76. The molecule has 0 unspecified atom stereocenters. The van der Waals surface area contributed by atoms with Gasteiger partial charge < -0.3 is 5.21 Å². The summed E-state index contributed by atoms with van der Waals surface area (Å²) in [5.74, 6) is 0. The Kier molecular flexibility index (Phi) is 3.23. The van der Waals surface area contributed by atoms with Crippen LogP contribution in [0.25, 0.3) is 32.7 Å². The lowest BCUT2D eigenvalue weighted by Crippen LogP contribution is -2.32. The van der Waals surface area contributed by atoms with Crippen molar-refractivity contribution in [3.63, 3.8) is 0 Å². The molecule has 27 heavy (non-hydrogen) atoms. The molecule has 4 aromatic carbocycles. The van der Waals surface area contributed by atoms with E-state index in [-0.39, 0.29) is 0 Å². The molecule has 0 aromatic heterocycles. The fraction of sp³-hybridized carbons (Fsp3) is 0.160. The minimum atomic E-state index is -0.649. The number of fused-ring (bicyclic) bond motifs is 7. The number of hydrogen-bond donors (Lipinski definition) is 0. The van der Waals surface area contributed by atoms with Crippen LogP contribution in [0.3, 0.4) is 0 Å². The summed E-state index contributed by atoms with van der Waals surface area (Å²) in [4.78, 5) is 0. The molecule has 4 aromatic rings. The summed E-state index contributed by atoms with van der Waals surface area (Å²) in [5.41, 5.74) is 4.56. The van der Waals surface area contributed by atoms with Gasteiger partial charge in [0.25, 0.3) is 0 Å². The first-order valence-corrected chi connectivity index (χ1v) is 9.36. The molecule has 0 saturated carbocycles. The summed E-state index contributed by atoms with van der Waals surface area (Å²) < 4.78 is 1.18. The van der Waals surface area contributed by atoms with Crippen molar-refractivity contribution in [3.8, 4) is 11.1 Å². The summed E-state index contributed by atoms with van der Waals surface area (Å²) in [6, 6.07) is 25.4. The van der Waals surface area contributed by atoms with Gasteiger partial charge in [0.2, 0.25) is 0 Å². The van der Waals surface area contributed by atoms with E-state index >= 15 is 0 Å². The summed E-state index contributed by atoms with van der Waals surface area (Å²) in [5, 5.41) is 18.1. The predicted octanol–water partition coefficient (Wildman–Crippen LogP) is 6.23. The molecule has 132 valence electrons. The molecule has 5 rings (SSSR count). The first-order valence-electron chi connectivity index (χ1n) is 9.36. The molecule has 0 atom stereocenters. The molecule has 0 fully saturated rings.